The van der Waals surface area contributed by atoms with Crippen molar-refractivity contribution >= 4 is 28.6 Å². The monoisotopic (exact) mass is 562 g/mol. The molecule has 2 unspecified atom stereocenters. The van der Waals surface area contributed by atoms with Gasteiger partial charge in [0.1, 0.15) is 37.4 Å². The van der Waals surface area contributed by atoms with Crippen LogP contribution in [-0.4, -0.2) is 85.0 Å². The van der Waals surface area contributed by atoms with E-state index in [2.05, 4.69) is 66.9 Å². The van der Waals surface area contributed by atoms with Gasteiger partial charge in [-0.2, -0.15) is 0 Å². The van der Waals surface area contributed by atoms with Gasteiger partial charge in [-0.1, -0.05) is 0 Å². The summed E-state index contributed by atoms with van der Waals surface area (Å²) in [6, 6.07) is 10.4. The van der Waals surface area contributed by atoms with E-state index in [1.807, 2.05) is 46.1 Å². The highest BCUT2D eigenvalue weighted by molar-refractivity contribution is 6.00. The van der Waals surface area contributed by atoms with Crippen LogP contribution in [0.5, 0.6) is 17.2 Å². The van der Waals surface area contributed by atoms with Crippen LogP contribution in [0.2, 0.25) is 0 Å². The van der Waals surface area contributed by atoms with Gasteiger partial charge in [-0.15, -0.1) is 0 Å². The van der Waals surface area contributed by atoms with Crippen LogP contribution in [-0.2, 0) is 9.53 Å². The van der Waals surface area contributed by atoms with Gasteiger partial charge in [0.25, 0.3) is 0 Å². The Bertz CT molecular complexity index is 1390. The zero-order chi connectivity index (χ0) is 29.8. The first-order valence-corrected chi connectivity index (χ1v) is 14.2. The molecular weight excluding hydrogens is 518 g/mol. The maximum Gasteiger partial charge on any atom is 0.305 e. The van der Waals surface area contributed by atoms with E-state index in [9.17, 15) is 4.79 Å². The van der Waals surface area contributed by atoms with Crippen molar-refractivity contribution in [3.63, 3.8) is 0 Å². The average Bonchev–Trinajstić information content (AvgIpc) is 2.93. The molecule has 0 spiro atoms. The van der Waals surface area contributed by atoms with Crippen LogP contribution < -0.4 is 24.0 Å². The van der Waals surface area contributed by atoms with E-state index in [-0.39, 0.29) is 18.0 Å². The maximum absolute atomic E-state index is 11.8. The standard InChI is InChI=1S/C33H44N3O5/c1-10-39-31(37)12-11-17-40-30-19-25(28(38-9)20-27(30)36(7)8)32-23-14-13-22(34(3)4)18-29(23)41-33-21(2)26(35(5)6)16-15-24(32)33/h13-16,18-21,33H,10-12,17H2,1-9H3/q+1. The second kappa shape index (κ2) is 12.7. The Labute approximate surface area is 244 Å². The van der Waals surface area contributed by atoms with Crippen molar-refractivity contribution in [3.05, 3.63) is 59.2 Å². The topological polar surface area (TPSA) is 63.5 Å². The second-order valence-electron chi connectivity index (χ2n) is 11.1. The number of nitrogens with zero attached hydrogens (tertiary/aromatic N) is 3. The summed E-state index contributed by atoms with van der Waals surface area (Å²) < 4.78 is 26.3. The summed E-state index contributed by atoms with van der Waals surface area (Å²) in [5, 5.41) is 0. The van der Waals surface area contributed by atoms with Crippen molar-refractivity contribution in [3.8, 4) is 17.2 Å². The summed E-state index contributed by atoms with van der Waals surface area (Å²) in [7, 11) is 13.9. The quantitative estimate of drug-likeness (QED) is 0.229. The smallest absolute Gasteiger partial charge is 0.305 e. The number of esters is 1. The number of rotatable bonds is 10. The van der Waals surface area contributed by atoms with E-state index in [0.29, 0.717) is 26.1 Å². The van der Waals surface area contributed by atoms with E-state index in [1.165, 1.54) is 5.71 Å². The van der Waals surface area contributed by atoms with Crippen LogP contribution in [0.3, 0.4) is 0 Å². The predicted octanol–water partition coefficient (Wildman–Crippen LogP) is 5.03. The average molecular weight is 563 g/mol. The molecule has 1 heterocycles. The molecule has 41 heavy (non-hydrogen) atoms. The second-order valence-corrected chi connectivity index (χ2v) is 11.1. The fourth-order valence-electron chi connectivity index (χ4n) is 5.49. The Hall–Kier alpha value is -3.94. The van der Waals surface area contributed by atoms with Crippen LogP contribution in [0.1, 0.15) is 37.8 Å². The van der Waals surface area contributed by atoms with Gasteiger partial charge in [0.05, 0.1) is 31.9 Å². The van der Waals surface area contributed by atoms with Crippen molar-refractivity contribution in [2.45, 2.75) is 32.8 Å². The van der Waals surface area contributed by atoms with E-state index >= 15 is 0 Å². The number of carbonyl (C=O) groups excluding carboxylic acids is 1. The Balaban J connectivity index is 1.88. The molecule has 1 aliphatic carbocycles. The molecule has 0 saturated heterocycles. The number of methoxy groups -OCH3 is 1. The summed E-state index contributed by atoms with van der Waals surface area (Å²) in [6.45, 7) is 4.80. The molecule has 2 aromatic rings. The lowest BCUT2D eigenvalue weighted by molar-refractivity contribution is -0.466. The number of carbonyl (C=O) groups is 1. The first-order chi connectivity index (χ1) is 19.6. The Morgan fingerprint density at radius 3 is 2.39 bits per heavy atom. The molecule has 1 aliphatic heterocycles. The van der Waals surface area contributed by atoms with Gasteiger partial charge in [-0.3, -0.25) is 4.79 Å². The molecule has 220 valence electrons. The largest absolute Gasteiger partial charge is 0.496 e. The summed E-state index contributed by atoms with van der Waals surface area (Å²) >= 11 is 0. The van der Waals surface area contributed by atoms with Gasteiger partial charge in [-0.05, 0) is 44.5 Å². The van der Waals surface area contributed by atoms with Crippen molar-refractivity contribution < 1.29 is 28.3 Å². The van der Waals surface area contributed by atoms with E-state index in [1.54, 1.807) is 7.11 Å². The number of fused-ring (bicyclic) bond motifs is 2. The minimum atomic E-state index is -0.208. The molecule has 0 fully saturated rings. The number of anilines is 2. The molecule has 2 aliphatic rings. The third-order valence-electron chi connectivity index (χ3n) is 7.59. The molecule has 0 radical (unpaired) electrons. The molecule has 2 aromatic carbocycles. The number of hydrogen-bond donors (Lipinski definition) is 0. The molecule has 0 bridgehead atoms. The SMILES string of the molecule is CCOC(=O)CCCOc1cc(C2=C3C=CC(=[N+](C)C)C(C)C3Oc3cc(N(C)C)ccc32)c(OC)cc1N(C)C. The molecule has 8 heteroatoms. The Kier molecular flexibility index (Phi) is 9.31. The molecule has 0 amide bonds. The van der Waals surface area contributed by atoms with Gasteiger partial charge in [0, 0.05) is 80.8 Å². The highest BCUT2D eigenvalue weighted by Crippen LogP contribution is 2.49. The molecule has 4 rings (SSSR count). The lowest BCUT2D eigenvalue weighted by atomic mass is 9.79. The molecule has 8 nitrogen and oxygen atoms in total. The maximum atomic E-state index is 11.8. The summed E-state index contributed by atoms with van der Waals surface area (Å²) in [6.07, 6.45) is 5.09. The fraction of sp³-hybridized carbons (Fsp3) is 0.455. The number of ether oxygens (including phenoxy) is 4. The van der Waals surface area contributed by atoms with Crippen molar-refractivity contribution in [1.29, 1.82) is 0 Å². The van der Waals surface area contributed by atoms with Gasteiger partial charge in [-0.25, -0.2) is 4.58 Å². The van der Waals surface area contributed by atoms with Crippen LogP contribution in [0.15, 0.2) is 48.1 Å². The summed E-state index contributed by atoms with van der Waals surface area (Å²) in [5.41, 5.74) is 7.31. The third-order valence-corrected chi connectivity index (χ3v) is 7.59. The van der Waals surface area contributed by atoms with Crippen LogP contribution >= 0.6 is 0 Å². The molecule has 0 saturated carbocycles. The summed E-state index contributed by atoms with van der Waals surface area (Å²) in [5.74, 6) is 2.26. The molecule has 0 N–H and O–H groups in total. The summed E-state index contributed by atoms with van der Waals surface area (Å²) in [4.78, 5) is 15.9. The predicted molar refractivity (Wildman–Crippen MR) is 165 cm³/mol. The molecular formula is C33H44N3O5+. The Morgan fingerprint density at radius 2 is 1.76 bits per heavy atom. The van der Waals surface area contributed by atoms with Gasteiger partial charge >= 0.3 is 5.97 Å². The van der Waals surface area contributed by atoms with Gasteiger partial charge in [0.2, 0.25) is 0 Å². The van der Waals surface area contributed by atoms with Crippen LogP contribution in [0.4, 0.5) is 11.4 Å². The first kappa shape index (κ1) is 30.0. The normalized spacial score (nSPS) is 17.3. The minimum Gasteiger partial charge on any atom is -0.496 e. The minimum absolute atomic E-state index is 0.141. The number of allylic oxidation sites excluding steroid dienone is 1. The third kappa shape index (κ3) is 6.21. The molecule has 2 atom stereocenters. The highest BCUT2D eigenvalue weighted by atomic mass is 16.5. The van der Waals surface area contributed by atoms with Crippen molar-refractivity contribution in [2.75, 3.05) is 72.4 Å². The highest BCUT2D eigenvalue weighted by Gasteiger charge is 2.39. The van der Waals surface area contributed by atoms with Gasteiger partial charge < -0.3 is 28.7 Å². The van der Waals surface area contributed by atoms with E-state index in [4.69, 9.17) is 18.9 Å². The van der Waals surface area contributed by atoms with Crippen molar-refractivity contribution in [2.24, 2.45) is 5.92 Å². The first-order valence-electron chi connectivity index (χ1n) is 14.2. The lowest BCUT2D eigenvalue weighted by Crippen LogP contribution is -2.39. The van der Waals surface area contributed by atoms with Crippen molar-refractivity contribution in [1.82, 2.24) is 0 Å². The van der Waals surface area contributed by atoms with Crippen LogP contribution in [0.25, 0.3) is 5.57 Å². The Morgan fingerprint density at radius 1 is 1.00 bits per heavy atom. The van der Waals surface area contributed by atoms with Gasteiger partial charge in [0.15, 0.2) is 5.71 Å². The zero-order valence-electron chi connectivity index (χ0n) is 25.9. The lowest BCUT2D eigenvalue weighted by Gasteiger charge is -2.36. The zero-order valence-corrected chi connectivity index (χ0v) is 25.9. The van der Waals surface area contributed by atoms with E-state index in [0.717, 1.165) is 50.9 Å². The van der Waals surface area contributed by atoms with E-state index < -0.39 is 0 Å². The van der Waals surface area contributed by atoms with Crippen LogP contribution in [0, 0.1) is 5.92 Å². The molecule has 0 aromatic heterocycles. The fourth-order valence-corrected chi connectivity index (χ4v) is 5.49. The number of benzene rings is 2. The number of hydrogen-bond acceptors (Lipinski definition) is 7.